The number of carbonyl (C=O) groups is 3. The fourth-order valence-electron chi connectivity index (χ4n) is 5.40. The number of likely N-dealkylation sites (tertiary alicyclic amines) is 1. The number of cyclic esters (lactones) is 1. The summed E-state index contributed by atoms with van der Waals surface area (Å²) in [7, 11) is 0. The SMILES string of the molecule is CC1(C)C[C@@H]1C(=O)N1CC2(CNC[C@H]2C(=O)N2C(=O)OC[C@@H]2Cc2ccccc2)C1. The standard InChI is InChI=1S/C23H29N3O4/c1-22(2)9-17(22)19(27)25-13-23(14-25)12-24-10-18(23)20(28)26-16(11-30-21(26)29)8-15-6-4-3-5-7-15/h3-7,16-18,24H,8-14H2,1-2H3/t16-,17+,18-/m0/s1. The quantitative estimate of drug-likeness (QED) is 0.816. The van der Waals surface area contributed by atoms with Crippen LogP contribution in [0.25, 0.3) is 0 Å². The largest absolute Gasteiger partial charge is 0.447 e. The zero-order valence-electron chi connectivity index (χ0n) is 17.6. The van der Waals surface area contributed by atoms with Gasteiger partial charge in [0.1, 0.15) is 6.61 Å². The Bertz CT molecular complexity index is 878. The van der Waals surface area contributed by atoms with Crippen molar-refractivity contribution in [3.8, 4) is 0 Å². The highest BCUT2D eigenvalue weighted by atomic mass is 16.6. The molecule has 3 amide bonds. The highest BCUT2D eigenvalue weighted by Gasteiger charge is 2.61. The Kier molecular flexibility index (Phi) is 4.43. The van der Waals surface area contributed by atoms with Gasteiger partial charge in [-0.05, 0) is 23.8 Å². The molecule has 4 aliphatic rings. The lowest BCUT2D eigenvalue weighted by Crippen LogP contribution is -2.65. The minimum atomic E-state index is -0.546. The number of ether oxygens (including phenoxy) is 1. The van der Waals surface area contributed by atoms with Crippen LogP contribution >= 0.6 is 0 Å². The summed E-state index contributed by atoms with van der Waals surface area (Å²) in [6.07, 6.45) is 0.985. The van der Waals surface area contributed by atoms with Crippen LogP contribution in [0.3, 0.4) is 0 Å². The predicted octanol–water partition coefficient (Wildman–Crippen LogP) is 1.67. The van der Waals surface area contributed by atoms with Crippen LogP contribution in [0.15, 0.2) is 30.3 Å². The third-order valence-electron chi connectivity index (χ3n) is 7.51. The topological polar surface area (TPSA) is 79.0 Å². The van der Waals surface area contributed by atoms with E-state index in [0.29, 0.717) is 32.6 Å². The van der Waals surface area contributed by atoms with Gasteiger partial charge in [0.2, 0.25) is 11.8 Å². The second-order valence-corrected chi connectivity index (χ2v) is 10.1. The maximum Gasteiger partial charge on any atom is 0.416 e. The van der Waals surface area contributed by atoms with Crippen molar-refractivity contribution in [2.45, 2.75) is 32.7 Å². The number of hydrogen-bond donors (Lipinski definition) is 1. The molecule has 0 radical (unpaired) electrons. The molecule has 0 aromatic heterocycles. The number of hydrogen-bond acceptors (Lipinski definition) is 5. The molecule has 1 saturated carbocycles. The average molecular weight is 412 g/mol. The molecule has 1 aromatic rings. The summed E-state index contributed by atoms with van der Waals surface area (Å²) in [5, 5.41) is 3.33. The maximum atomic E-state index is 13.5. The van der Waals surface area contributed by atoms with Crippen LogP contribution in [-0.2, 0) is 20.7 Å². The molecule has 1 aliphatic carbocycles. The summed E-state index contributed by atoms with van der Waals surface area (Å²) >= 11 is 0. The van der Waals surface area contributed by atoms with Gasteiger partial charge >= 0.3 is 6.09 Å². The van der Waals surface area contributed by atoms with Crippen molar-refractivity contribution in [1.29, 1.82) is 0 Å². The average Bonchev–Trinajstić information content (AvgIpc) is 3.03. The molecule has 7 heteroatoms. The molecule has 30 heavy (non-hydrogen) atoms. The zero-order valence-corrected chi connectivity index (χ0v) is 17.6. The van der Waals surface area contributed by atoms with Gasteiger partial charge in [0, 0.05) is 37.5 Å². The zero-order chi connectivity index (χ0) is 21.1. The molecule has 3 atom stereocenters. The molecule has 3 heterocycles. The van der Waals surface area contributed by atoms with E-state index in [1.54, 1.807) is 0 Å². The van der Waals surface area contributed by atoms with Crippen molar-refractivity contribution >= 4 is 17.9 Å². The van der Waals surface area contributed by atoms with Gasteiger partial charge in [0.25, 0.3) is 0 Å². The molecule has 160 valence electrons. The molecule has 1 aromatic carbocycles. The van der Waals surface area contributed by atoms with Crippen molar-refractivity contribution in [3.63, 3.8) is 0 Å². The van der Waals surface area contributed by atoms with Crippen LogP contribution < -0.4 is 5.32 Å². The minimum Gasteiger partial charge on any atom is -0.447 e. The number of benzene rings is 1. The van der Waals surface area contributed by atoms with Gasteiger partial charge in [-0.15, -0.1) is 0 Å². The fourth-order valence-corrected chi connectivity index (χ4v) is 5.40. The van der Waals surface area contributed by atoms with E-state index >= 15 is 0 Å². The van der Waals surface area contributed by atoms with E-state index in [0.717, 1.165) is 12.0 Å². The van der Waals surface area contributed by atoms with E-state index in [1.165, 1.54) is 4.90 Å². The van der Waals surface area contributed by atoms with Gasteiger partial charge in [0.05, 0.1) is 12.0 Å². The Hall–Kier alpha value is -2.41. The maximum absolute atomic E-state index is 13.5. The Morgan fingerprint density at radius 2 is 1.83 bits per heavy atom. The van der Waals surface area contributed by atoms with Crippen LogP contribution in [0, 0.1) is 22.7 Å². The van der Waals surface area contributed by atoms with Gasteiger partial charge in [-0.1, -0.05) is 44.2 Å². The fraction of sp³-hybridized carbons (Fsp3) is 0.609. The number of nitrogens with one attached hydrogen (secondary N) is 1. The first-order valence-electron chi connectivity index (χ1n) is 10.8. The lowest BCUT2D eigenvalue weighted by Gasteiger charge is -2.51. The van der Waals surface area contributed by atoms with Crippen LogP contribution in [0.1, 0.15) is 25.8 Å². The minimum absolute atomic E-state index is 0.104. The Balaban J connectivity index is 1.28. The number of amides is 3. The first kappa shape index (κ1) is 19.5. The molecule has 3 saturated heterocycles. The van der Waals surface area contributed by atoms with E-state index in [1.807, 2.05) is 35.2 Å². The normalized spacial score (nSPS) is 30.9. The van der Waals surface area contributed by atoms with E-state index < -0.39 is 6.09 Å². The highest BCUT2D eigenvalue weighted by molar-refractivity contribution is 5.96. The molecule has 1 N–H and O–H groups in total. The van der Waals surface area contributed by atoms with E-state index in [4.69, 9.17) is 4.74 Å². The molecular formula is C23H29N3O4. The second kappa shape index (κ2) is 6.80. The van der Waals surface area contributed by atoms with Crippen molar-refractivity contribution in [1.82, 2.24) is 15.1 Å². The number of carbonyl (C=O) groups excluding carboxylic acids is 3. The van der Waals surface area contributed by atoms with Crippen molar-refractivity contribution in [2.24, 2.45) is 22.7 Å². The summed E-state index contributed by atoms with van der Waals surface area (Å²) < 4.78 is 5.25. The number of rotatable bonds is 4. The van der Waals surface area contributed by atoms with Crippen LogP contribution in [-0.4, -0.2) is 66.5 Å². The lowest BCUT2D eigenvalue weighted by atomic mass is 9.70. The number of imide groups is 1. The lowest BCUT2D eigenvalue weighted by molar-refractivity contribution is -0.154. The third-order valence-corrected chi connectivity index (χ3v) is 7.51. The van der Waals surface area contributed by atoms with E-state index in [2.05, 4.69) is 19.2 Å². The molecule has 1 spiro atoms. The van der Waals surface area contributed by atoms with Gasteiger partial charge in [-0.25, -0.2) is 9.69 Å². The van der Waals surface area contributed by atoms with Crippen molar-refractivity contribution in [2.75, 3.05) is 32.8 Å². The second-order valence-electron chi connectivity index (χ2n) is 10.1. The Morgan fingerprint density at radius 1 is 1.13 bits per heavy atom. The van der Waals surface area contributed by atoms with E-state index in [-0.39, 0.29) is 47.1 Å². The van der Waals surface area contributed by atoms with Crippen LogP contribution in [0.5, 0.6) is 0 Å². The summed E-state index contributed by atoms with van der Waals surface area (Å²) in [5.74, 6) is -0.145. The summed E-state index contributed by atoms with van der Waals surface area (Å²) in [4.78, 5) is 41.9. The van der Waals surface area contributed by atoms with Gasteiger partial charge in [-0.3, -0.25) is 9.59 Å². The summed E-state index contributed by atoms with van der Waals surface area (Å²) in [5.41, 5.74) is 0.907. The molecule has 0 unspecified atom stereocenters. The molecule has 0 bridgehead atoms. The van der Waals surface area contributed by atoms with Gasteiger partial charge < -0.3 is 15.0 Å². The molecule has 7 nitrogen and oxygen atoms in total. The summed E-state index contributed by atoms with van der Waals surface area (Å²) in [6.45, 7) is 6.90. The smallest absolute Gasteiger partial charge is 0.416 e. The highest BCUT2D eigenvalue weighted by Crippen LogP contribution is 2.54. The summed E-state index contributed by atoms with van der Waals surface area (Å²) in [6, 6.07) is 9.57. The third kappa shape index (κ3) is 3.11. The van der Waals surface area contributed by atoms with Crippen LogP contribution in [0.2, 0.25) is 0 Å². The first-order chi connectivity index (χ1) is 14.3. The molecule has 5 rings (SSSR count). The van der Waals surface area contributed by atoms with Crippen molar-refractivity contribution < 1.29 is 19.1 Å². The van der Waals surface area contributed by atoms with Crippen molar-refractivity contribution in [3.05, 3.63) is 35.9 Å². The Morgan fingerprint density at radius 3 is 2.50 bits per heavy atom. The first-order valence-corrected chi connectivity index (χ1v) is 10.8. The molecular weight excluding hydrogens is 382 g/mol. The molecule has 3 aliphatic heterocycles. The van der Waals surface area contributed by atoms with Gasteiger partial charge in [-0.2, -0.15) is 0 Å². The Labute approximate surface area is 176 Å². The van der Waals surface area contributed by atoms with Crippen LogP contribution in [0.4, 0.5) is 4.79 Å². The molecule has 4 fully saturated rings. The predicted molar refractivity (Wildman–Crippen MR) is 109 cm³/mol. The van der Waals surface area contributed by atoms with Gasteiger partial charge in [0.15, 0.2) is 0 Å². The monoisotopic (exact) mass is 411 g/mol. The number of nitrogens with zero attached hydrogens (tertiary/aromatic N) is 2. The van der Waals surface area contributed by atoms with E-state index in [9.17, 15) is 14.4 Å².